The van der Waals surface area contributed by atoms with Crippen LogP contribution in [0.15, 0.2) is 21.6 Å². The topological polar surface area (TPSA) is 45.4 Å². The molecular weight excluding hydrogens is 222 g/mol. The van der Waals surface area contributed by atoms with E-state index in [1.165, 1.54) is 4.90 Å². The third kappa shape index (κ3) is 4.60. The van der Waals surface area contributed by atoms with Gasteiger partial charge in [-0.05, 0) is 32.4 Å². The van der Waals surface area contributed by atoms with Crippen LogP contribution in [-0.2, 0) is 0 Å². The maximum absolute atomic E-state index is 8.98. The maximum Gasteiger partial charge on any atom is 0.114 e. The van der Waals surface area contributed by atoms with Gasteiger partial charge in [-0.15, -0.1) is 11.8 Å². The lowest BCUT2D eigenvalue weighted by molar-refractivity contribution is 0.270. The molecule has 1 unspecified atom stereocenters. The molecule has 0 saturated carbocycles. The highest BCUT2D eigenvalue weighted by Crippen LogP contribution is 2.24. The Hall–Kier alpha value is -0.450. The molecule has 0 bridgehead atoms. The first-order valence-electron chi connectivity index (χ1n) is 5.79. The summed E-state index contributed by atoms with van der Waals surface area (Å²) in [5.74, 6) is 1.95. The van der Waals surface area contributed by atoms with Gasteiger partial charge in [0.1, 0.15) is 5.76 Å². The highest BCUT2D eigenvalue weighted by atomic mass is 32.2. The number of nitrogens with one attached hydrogen (secondary N) is 1. The second-order valence-corrected chi connectivity index (χ2v) is 4.88. The minimum atomic E-state index is 0.242. The average Bonchev–Trinajstić information content (AvgIpc) is 2.68. The van der Waals surface area contributed by atoms with Crippen molar-refractivity contribution in [2.24, 2.45) is 0 Å². The standard InChI is InChI=1S/C12H21NO2S/c1-3-6-13-11(4-7-14)9-16-12-5-8-15-10(12)2/h5,8,11,13-14H,3-4,6-7,9H2,1-2H3. The van der Waals surface area contributed by atoms with Gasteiger partial charge in [0.05, 0.1) is 6.26 Å². The summed E-state index contributed by atoms with van der Waals surface area (Å²) in [6, 6.07) is 2.37. The molecule has 0 aromatic carbocycles. The Morgan fingerprint density at radius 2 is 2.38 bits per heavy atom. The predicted molar refractivity (Wildman–Crippen MR) is 68.0 cm³/mol. The summed E-state index contributed by atoms with van der Waals surface area (Å²) < 4.78 is 5.25. The van der Waals surface area contributed by atoms with Gasteiger partial charge in [0, 0.05) is 23.3 Å². The van der Waals surface area contributed by atoms with Gasteiger partial charge in [-0.1, -0.05) is 6.92 Å². The van der Waals surface area contributed by atoms with Gasteiger partial charge >= 0.3 is 0 Å². The summed E-state index contributed by atoms with van der Waals surface area (Å²) in [4.78, 5) is 1.20. The first-order chi connectivity index (χ1) is 7.77. The molecule has 92 valence electrons. The van der Waals surface area contributed by atoms with Crippen LogP contribution >= 0.6 is 11.8 Å². The van der Waals surface area contributed by atoms with Gasteiger partial charge in [-0.25, -0.2) is 0 Å². The molecule has 16 heavy (non-hydrogen) atoms. The Morgan fingerprint density at radius 1 is 1.56 bits per heavy atom. The second kappa shape index (κ2) is 7.76. The highest BCUT2D eigenvalue weighted by molar-refractivity contribution is 7.99. The molecule has 0 radical (unpaired) electrons. The van der Waals surface area contributed by atoms with Crippen LogP contribution in [0.2, 0.25) is 0 Å². The van der Waals surface area contributed by atoms with Crippen molar-refractivity contribution < 1.29 is 9.52 Å². The predicted octanol–water partition coefficient (Wildman–Crippen LogP) is 2.43. The average molecular weight is 243 g/mol. The smallest absolute Gasteiger partial charge is 0.114 e. The fourth-order valence-electron chi connectivity index (χ4n) is 1.46. The van der Waals surface area contributed by atoms with Gasteiger partial charge in [-0.2, -0.15) is 0 Å². The maximum atomic E-state index is 8.98. The van der Waals surface area contributed by atoms with Crippen LogP contribution in [-0.4, -0.2) is 30.1 Å². The zero-order valence-electron chi connectivity index (χ0n) is 10.0. The van der Waals surface area contributed by atoms with Crippen LogP contribution < -0.4 is 5.32 Å². The largest absolute Gasteiger partial charge is 0.468 e. The first kappa shape index (κ1) is 13.6. The molecule has 4 heteroatoms. The third-order valence-corrected chi connectivity index (χ3v) is 3.72. The van der Waals surface area contributed by atoms with Crippen LogP contribution in [0.3, 0.4) is 0 Å². The lowest BCUT2D eigenvalue weighted by Gasteiger charge is -2.16. The minimum Gasteiger partial charge on any atom is -0.468 e. The summed E-state index contributed by atoms with van der Waals surface area (Å²) in [7, 11) is 0. The molecule has 0 aliphatic rings. The van der Waals surface area contributed by atoms with E-state index in [9.17, 15) is 0 Å². The van der Waals surface area contributed by atoms with Crippen molar-refractivity contribution in [1.82, 2.24) is 5.32 Å². The zero-order valence-corrected chi connectivity index (χ0v) is 10.8. The van der Waals surface area contributed by atoms with Crippen molar-refractivity contribution in [2.45, 2.75) is 37.6 Å². The summed E-state index contributed by atoms with van der Waals surface area (Å²) >= 11 is 1.78. The van der Waals surface area contributed by atoms with Crippen LogP contribution in [0.5, 0.6) is 0 Å². The van der Waals surface area contributed by atoms with Crippen LogP contribution in [0.4, 0.5) is 0 Å². The molecule has 1 aromatic rings. The van der Waals surface area contributed by atoms with E-state index < -0.39 is 0 Å². The molecule has 2 N–H and O–H groups in total. The van der Waals surface area contributed by atoms with E-state index in [1.54, 1.807) is 18.0 Å². The van der Waals surface area contributed by atoms with E-state index in [1.807, 2.05) is 13.0 Å². The van der Waals surface area contributed by atoms with E-state index in [-0.39, 0.29) is 6.61 Å². The van der Waals surface area contributed by atoms with E-state index in [2.05, 4.69) is 12.2 Å². The van der Waals surface area contributed by atoms with Gasteiger partial charge in [0.15, 0.2) is 0 Å². The van der Waals surface area contributed by atoms with Gasteiger partial charge in [0.2, 0.25) is 0 Å². The quantitative estimate of drug-likeness (QED) is 0.688. The Morgan fingerprint density at radius 3 is 2.94 bits per heavy atom. The van der Waals surface area contributed by atoms with Gasteiger partial charge < -0.3 is 14.8 Å². The summed E-state index contributed by atoms with van der Waals surface area (Å²) in [5.41, 5.74) is 0. The molecule has 1 rings (SSSR count). The van der Waals surface area contributed by atoms with Crippen LogP contribution in [0, 0.1) is 6.92 Å². The van der Waals surface area contributed by atoms with Crippen molar-refractivity contribution >= 4 is 11.8 Å². The third-order valence-electron chi connectivity index (χ3n) is 2.41. The van der Waals surface area contributed by atoms with Crippen LogP contribution in [0.25, 0.3) is 0 Å². The van der Waals surface area contributed by atoms with E-state index in [0.29, 0.717) is 6.04 Å². The molecular formula is C12H21NO2S. The molecule has 0 aliphatic heterocycles. The number of hydrogen-bond acceptors (Lipinski definition) is 4. The molecule has 1 atom stereocenters. The van der Waals surface area contributed by atoms with Crippen molar-refractivity contribution in [1.29, 1.82) is 0 Å². The number of aliphatic hydroxyl groups excluding tert-OH is 1. The molecule has 1 heterocycles. The SMILES string of the molecule is CCCNC(CCO)CSc1ccoc1C. The zero-order chi connectivity index (χ0) is 11.8. The summed E-state index contributed by atoms with van der Waals surface area (Å²) in [5, 5.41) is 12.4. The lowest BCUT2D eigenvalue weighted by Crippen LogP contribution is -2.32. The Labute approximate surface area is 102 Å². The lowest BCUT2D eigenvalue weighted by atomic mass is 10.2. The number of furan rings is 1. The normalized spacial score (nSPS) is 12.9. The number of aryl methyl sites for hydroxylation is 1. The number of hydrogen-bond donors (Lipinski definition) is 2. The van der Waals surface area contributed by atoms with E-state index in [4.69, 9.17) is 9.52 Å². The second-order valence-electron chi connectivity index (χ2n) is 3.82. The molecule has 0 amide bonds. The van der Waals surface area contributed by atoms with E-state index >= 15 is 0 Å². The molecule has 3 nitrogen and oxygen atoms in total. The Bertz CT molecular complexity index is 288. The number of aliphatic hydroxyl groups is 1. The molecule has 1 aromatic heterocycles. The molecule has 0 spiro atoms. The van der Waals surface area contributed by atoms with Crippen LogP contribution in [0.1, 0.15) is 25.5 Å². The minimum absolute atomic E-state index is 0.242. The molecule has 0 aliphatic carbocycles. The van der Waals surface area contributed by atoms with Crippen molar-refractivity contribution in [3.05, 3.63) is 18.1 Å². The van der Waals surface area contributed by atoms with Crippen molar-refractivity contribution in [2.75, 3.05) is 18.9 Å². The Kier molecular flexibility index (Phi) is 6.61. The molecule has 0 fully saturated rings. The highest BCUT2D eigenvalue weighted by Gasteiger charge is 2.09. The fourth-order valence-corrected chi connectivity index (χ4v) is 2.53. The fraction of sp³-hybridized carbons (Fsp3) is 0.667. The van der Waals surface area contributed by atoms with Gasteiger partial charge in [0.25, 0.3) is 0 Å². The number of thioether (sulfide) groups is 1. The molecule has 0 saturated heterocycles. The summed E-state index contributed by atoms with van der Waals surface area (Å²) in [6.45, 7) is 5.38. The van der Waals surface area contributed by atoms with Crippen molar-refractivity contribution in [3.63, 3.8) is 0 Å². The number of rotatable bonds is 8. The van der Waals surface area contributed by atoms with E-state index in [0.717, 1.165) is 30.9 Å². The van der Waals surface area contributed by atoms with Crippen molar-refractivity contribution in [3.8, 4) is 0 Å². The summed E-state index contributed by atoms with van der Waals surface area (Å²) in [6.07, 6.45) is 3.65. The monoisotopic (exact) mass is 243 g/mol. The first-order valence-corrected chi connectivity index (χ1v) is 6.77. The Balaban J connectivity index is 2.34. The van der Waals surface area contributed by atoms with Gasteiger partial charge in [-0.3, -0.25) is 0 Å².